The molecule has 0 atom stereocenters. The molecule has 0 unspecified atom stereocenters. The number of carbonyl (C=O) groups is 1. The largest absolute Gasteiger partial charge is 0.335 e. The van der Waals surface area contributed by atoms with Gasteiger partial charge in [0, 0.05) is 6.20 Å². The SMILES string of the molecule is C/C(=N/OC(=O)CCc1ccccc1)c1ccccn1. The van der Waals surface area contributed by atoms with Gasteiger partial charge in [0.25, 0.3) is 0 Å². The Hall–Kier alpha value is -2.49. The van der Waals surface area contributed by atoms with Crippen LogP contribution in [0.5, 0.6) is 0 Å². The van der Waals surface area contributed by atoms with Gasteiger partial charge in [0.15, 0.2) is 0 Å². The monoisotopic (exact) mass is 268 g/mol. The number of aryl methyl sites for hydroxylation is 1. The van der Waals surface area contributed by atoms with Gasteiger partial charge in [-0.25, -0.2) is 4.79 Å². The Bertz CT molecular complexity index is 580. The summed E-state index contributed by atoms with van der Waals surface area (Å²) in [5.41, 5.74) is 2.39. The van der Waals surface area contributed by atoms with E-state index in [1.807, 2.05) is 48.5 Å². The van der Waals surface area contributed by atoms with Crippen LogP contribution in [0, 0.1) is 0 Å². The molecule has 0 saturated carbocycles. The Morgan fingerprint density at radius 3 is 2.60 bits per heavy atom. The minimum atomic E-state index is -0.343. The number of carbonyl (C=O) groups excluding carboxylic acids is 1. The average molecular weight is 268 g/mol. The summed E-state index contributed by atoms with van der Waals surface area (Å²) >= 11 is 0. The molecular formula is C16H16N2O2. The standard InChI is InChI=1S/C16H16N2O2/c1-13(15-9-5-6-12-17-15)18-20-16(19)11-10-14-7-3-2-4-8-14/h2-9,12H,10-11H2,1H3/b18-13-. The van der Waals surface area contributed by atoms with Crippen molar-refractivity contribution >= 4 is 11.7 Å². The van der Waals surface area contributed by atoms with Crippen LogP contribution >= 0.6 is 0 Å². The van der Waals surface area contributed by atoms with Gasteiger partial charge < -0.3 is 4.84 Å². The van der Waals surface area contributed by atoms with Crippen molar-refractivity contribution in [3.8, 4) is 0 Å². The van der Waals surface area contributed by atoms with Crippen LogP contribution < -0.4 is 0 Å². The lowest BCUT2D eigenvalue weighted by atomic mass is 10.1. The molecule has 2 aromatic rings. The second-order valence-corrected chi connectivity index (χ2v) is 4.34. The lowest BCUT2D eigenvalue weighted by Crippen LogP contribution is -2.05. The highest BCUT2D eigenvalue weighted by atomic mass is 16.7. The first-order chi connectivity index (χ1) is 9.75. The van der Waals surface area contributed by atoms with E-state index in [9.17, 15) is 4.79 Å². The van der Waals surface area contributed by atoms with Crippen LogP contribution in [0.15, 0.2) is 59.9 Å². The zero-order valence-electron chi connectivity index (χ0n) is 11.3. The number of hydrogen-bond acceptors (Lipinski definition) is 4. The van der Waals surface area contributed by atoms with E-state index in [2.05, 4.69) is 10.1 Å². The predicted octanol–water partition coefficient (Wildman–Crippen LogP) is 2.98. The molecule has 1 aromatic carbocycles. The molecule has 102 valence electrons. The van der Waals surface area contributed by atoms with Gasteiger partial charge in [-0.15, -0.1) is 0 Å². The van der Waals surface area contributed by atoms with Gasteiger partial charge in [-0.3, -0.25) is 4.98 Å². The molecule has 0 aliphatic rings. The van der Waals surface area contributed by atoms with Crippen molar-refractivity contribution in [2.75, 3.05) is 0 Å². The smallest absolute Gasteiger partial charge is 0.318 e. The highest BCUT2D eigenvalue weighted by molar-refractivity contribution is 5.96. The summed E-state index contributed by atoms with van der Waals surface area (Å²) in [4.78, 5) is 20.6. The summed E-state index contributed by atoms with van der Waals surface area (Å²) in [5.74, 6) is -0.343. The highest BCUT2D eigenvalue weighted by Crippen LogP contribution is 2.04. The molecule has 0 N–H and O–H groups in total. The van der Waals surface area contributed by atoms with Gasteiger partial charge in [0.2, 0.25) is 0 Å². The van der Waals surface area contributed by atoms with Crippen molar-refractivity contribution in [1.82, 2.24) is 4.98 Å². The average Bonchev–Trinajstić information content (AvgIpc) is 2.52. The molecule has 0 radical (unpaired) electrons. The van der Waals surface area contributed by atoms with Crippen molar-refractivity contribution in [2.24, 2.45) is 5.16 Å². The van der Waals surface area contributed by atoms with E-state index in [-0.39, 0.29) is 5.97 Å². The topological polar surface area (TPSA) is 51.5 Å². The molecule has 2 rings (SSSR count). The van der Waals surface area contributed by atoms with Gasteiger partial charge in [-0.2, -0.15) is 0 Å². The Balaban J connectivity index is 1.83. The lowest BCUT2D eigenvalue weighted by Gasteiger charge is -2.01. The van der Waals surface area contributed by atoms with Gasteiger partial charge >= 0.3 is 5.97 Å². The molecule has 4 heteroatoms. The molecule has 0 saturated heterocycles. The van der Waals surface area contributed by atoms with E-state index in [1.54, 1.807) is 13.1 Å². The van der Waals surface area contributed by atoms with Crippen molar-refractivity contribution in [1.29, 1.82) is 0 Å². The fourth-order valence-corrected chi connectivity index (χ4v) is 1.68. The van der Waals surface area contributed by atoms with Crippen molar-refractivity contribution in [3.05, 3.63) is 66.0 Å². The van der Waals surface area contributed by atoms with E-state index in [0.29, 0.717) is 24.2 Å². The number of nitrogens with zero attached hydrogens (tertiary/aromatic N) is 2. The van der Waals surface area contributed by atoms with E-state index >= 15 is 0 Å². The first-order valence-corrected chi connectivity index (χ1v) is 6.45. The quantitative estimate of drug-likeness (QED) is 0.476. The summed E-state index contributed by atoms with van der Waals surface area (Å²) in [5, 5.41) is 3.81. The molecule has 0 amide bonds. The van der Waals surface area contributed by atoms with Crippen LogP contribution in [0.25, 0.3) is 0 Å². The van der Waals surface area contributed by atoms with Crippen molar-refractivity contribution in [3.63, 3.8) is 0 Å². The molecule has 20 heavy (non-hydrogen) atoms. The van der Waals surface area contributed by atoms with Gasteiger partial charge in [0.05, 0.1) is 12.1 Å². The minimum Gasteiger partial charge on any atom is -0.318 e. The molecule has 0 aliphatic carbocycles. The van der Waals surface area contributed by atoms with Crippen molar-refractivity contribution < 1.29 is 9.63 Å². The zero-order chi connectivity index (χ0) is 14.2. The fraction of sp³-hybridized carbons (Fsp3) is 0.188. The number of pyridine rings is 1. The zero-order valence-corrected chi connectivity index (χ0v) is 11.3. The van der Waals surface area contributed by atoms with Crippen LogP contribution in [-0.2, 0) is 16.1 Å². The Morgan fingerprint density at radius 1 is 1.15 bits per heavy atom. The van der Waals surface area contributed by atoms with Crippen LogP contribution in [0.2, 0.25) is 0 Å². The molecule has 1 aromatic heterocycles. The summed E-state index contributed by atoms with van der Waals surface area (Å²) in [6.07, 6.45) is 2.63. The first-order valence-electron chi connectivity index (χ1n) is 6.45. The predicted molar refractivity (Wildman–Crippen MR) is 77.3 cm³/mol. The van der Waals surface area contributed by atoms with Crippen LogP contribution in [0.1, 0.15) is 24.6 Å². The summed E-state index contributed by atoms with van der Waals surface area (Å²) in [7, 11) is 0. The molecule has 0 aliphatic heterocycles. The maximum absolute atomic E-state index is 11.6. The van der Waals surface area contributed by atoms with Crippen LogP contribution in [0.4, 0.5) is 0 Å². The normalized spacial score (nSPS) is 11.2. The Labute approximate surface area is 118 Å². The molecule has 0 spiro atoms. The molecule has 1 heterocycles. The third kappa shape index (κ3) is 4.31. The van der Waals surface area contributed by atoms with Crippen molar-refractivity contribution in [2.45, 2.75) is 19.8 Å². The maximum Gasteiger partial charge on any atom is 0.335 e. The van der Waals surface area contributed by atoms with E-state index in [1.165, 1.54) is 0 Å². The summed E-state index contributed by atoms with van der Waals surface area (Å²) in [6.45, 7) is 1.76. The summed E-state index contributed by atoms with van der Waals surface area (Å²) in [6, 6.07) is 15.3. The van der Waals surface area contributed by atoms with Gasteiger partial charge in [-0.1, -0.05) is 41.6 Å². The van der Waals surface area contributed by atoms with Gasteiger partial charge in [-0.05, 0) is 31.0 Å². The van der Waals surface area contributed by atoms with E-state index < -0.39 is 0 Å². The number of aromatic nitrogens is 1. The van der Waals surface area contributed by atoms with E-state index in [0.717, 1.165) is 5.56 Å². The number of rotatable bonds is 5. The third-order valence-corrected chi connectivity index (χ3v) is 2.78. The van der Waals surface area contributed by atoms with Crippen LogP contribution in [0.3, 0.4) is 0 Å². The minimum absolute atomic E-state index is 0.309. The van der Waals surface area contributed by atoms with Gasteiger partial charge in [0.1, 0.15) is 5.71 Å². The summed E-state index contributed by atoms with van der Waals surface area (Å²) < 4.78 is 0. The molecule has 4 nitrogen and oxygen atoms in total. The number of oxime groups is 1. The highest BCUT2D eigenvalue weighted by Gasteiger charge is 2.05. The second-order valence-electron chi connectivity index (χ2n) is 4.34. The van der Waals surface area contributed by atoms with Crippen LogP contribution in [-0.4, -0.2) is 16.7 Å². The lowest BCUT2D eigenvalue weighted by molar-refractivity contribution is -0.143. The number of hydrogen-bond donors (Lipinski definition) is 0. The Kier molecular flexibility index (Phi) is 5.00. The molecule has 0 fully saturated rings. The fourth-order valence-electron chi connectivity index (χ4n) is 1.68. The first kappa shape index (κ1) is 13.9. The second kappa shape index (κ2) is 7.19. The Morgan fingerprint density at radius 2 is 1.90 bits per heavy atom. The maximum atomic E-state index is 11.6. The molecule has 0 bridgehead atoms. The molecular weight excluding hydrogens is 252 g/mol. The number of benzene rings is 1. The third-order valence-electron chi connectivity index (χ3n) is 2.78. The van der Waals surface area contributed by atoms with E-state index in [4.69, 9.17) is 4.84 Å².